The fourth-order valence-corrected chi connectivity index (χ4v) is 4.93. The van der Waals surface area contributed by atoms with Crippen LogP contribution in [0.2, 0.25) is 0 Å². The van der Waals surface area contributed by atoms with Crippen molar-refractivity contribution < 1.29 is 4.79 Å². The highest BCUT2D eigenvalue weighted by Gasteiger charge is 2.40. The van der Waals surface area contributed by atoms with Gasteiger partial charge < -0.3 is 11.1 Å². The highest BCUT2D eigenvalue weighted by atomic mass is 16.1. The van der Waals surface area contributed by atoms with Crippen molar-refractivity contribution in [3.05, 3.63) is 23.5 Å². The number of hydrogen-bond donors (Lipinski definition) is 2. The number of pyridine rings is 1. The van der Waals surface area contributed by atoms with Crippen LogP contribution in [-0.4, -0.2) is 32.8 Å². The number of rotatable bonds is 3. The third-order valence-corrected chi connectivity index (χ3v) is 6.17. The Hall–Kier alpha value is -1.95. The molecule has 0 saturated heterocycles. The molecule has 2 fully saturated rings. The van der Waals surface area contributed by atoms with Crippen LogP contribution in [0, 0.1) is 18.8 Å². The van der Waals surface area contributed by atoms with Crippen molar-refractivity contribution in [2.75, 3.05) is 0 Å². The summed E-state index contributed by atoms with van der Waals surface area (Å²) >= 11 is 0. The number of nitrogens with two attached hydrogens (primary N) is 1. The molecule has 140 valence electrons. The zero-order valence-corrected chi connectivity index (χ0v) is 15.9. The minimum Gasteiger partial charge on any atom is -0.349 e. The van der Waals surface area contributed by atoms with Gasteiger partial charge in [0.05, 0.1) is 17.5 Å². The number of hydrogen-bond acceptors (Lipinski definition) is 4. The van der Waals surface area contributed by atoms with Crippen molar-refractivity contribution in [3.8, 4) is 0 Å². The van der Waals surface area contributed by atoms with Crippen molar-refractivity contribution in [2.45, 2.75) is 71.0 Å². The lowest BCUT2D eigenvalue weighted by Crippen LogP contribution is -2.53. The quantitative estimate of drug-likeness (QED) is 0.886. The Balaban J connectivity index is 1.59. The molecule has 2 heterocycles. The summed E-state index contributed by atoms with van der Waals surface area (Å²) in [7, 11) is 0. The third-order valence-electron chi connectivity index (χ3n) is 6.17. The zero-order chi connectivity index (χ0) is 18.4. The molecule has 2 atom stereocenters. The van der Waals surface area contributed by atoms with Crippen LogP contribution in [0.5, 0.6) is 0 Å². The molecule has 4 rings (SSSR count). The van der Waals surface area contributed by atoms with Crippen LogP contribution in [-0.2, 0) is 0 Å². The van der Waals surface area contributed by atoms with Crippen LogP contribution in [0.1, 0.15) is 68.0 Å². The van der Waals surface area contributed by atoms with Gasteiger partial charge in [-0.3, -0.25) is 4.79 Å². The molecule has 2 aliphatic rings. The van der Waals surface area contributed by atoms with E-state index in [1.165, 1.54) is 19.3 Å². The summed E-state index contributed by atoms with van der Waals surface area (Å²) in [5, 5.41) is 8.66. The van der Waals surface area contributed by atoms with Gasteiger partial charge in [0.1, 0.15) is 0 Å². The lowest BCUT2D eigenvalue weighted by Gasteiger charge is -2.45. The fraction of sp³-hybridized carbons (Fsp3) is 0.650. The molecule has 2 saturated carbocycles. The molecular formula is C20H29N5O. The zero-order valence-electron chi connectivity index (χ0n) is 15.9. The van der Waals surface area contributed by atoms with Gasteiger partial charge in [0, 0.05) is 23.5 Å². The average Bonchev–Trinajstić information content (AvgIpc) is 2.97. The van der Waals surface area contributed by atoms with Gasteiger partial charge in [0.25, 0.3) is 5.91 Å². The van der Waals surface area contributed by atoms with Crippen LogP contribution in [0.3, 0.4) is 0 Å². The maximum atomic E-state index is 13.0. The molecule has 2 bridgehead atoms. The number of aromatic nitrogens is 3. The van der Waals surface area contributed by atoms with E-state index in [0.717, 1.165) is 29.6 Å². The van der Waals surface area contributed by atoms with Crippen LogP contribution < -0.4 is 11.1 Å². The first-order valence-corrected chi connectivity index (χ1v) is 9.85. The van der Waals surface area contributed by atoms with E-state index in [0.29, 0.717) is 23.4 Å². The number of carbonyl (C=O) groups excluding carboxylic acids is 1. The summed E-state index contributed by atoms with van der Waals surface area (Å²) in [6, 6.07) is 2.72. The van der Waals surface area contributed by atoms with Crippen LogP contribution in [0.25, 0.3) is 11.0 Å². The lowest BCUT2D eigenvalue weighted by molar-refractivity contribution is 0.0755. The largest absolute Gasteiger partial charge is 0.349 e. The molecule has 2 unspecified atom stereocenters. The second-order valence-electron chi connectivity index (χ2n) is 8.40. The van der Waals surface area contributed by atoms with Crippen molar-refractivity contribution in [3.63, 3.8) is 0 Å². The van der Waals surface area contributed by atoms with Crippen molar-refractivity contribution in [1.29, 1.82) is 0 Å². The number of amides is 1. The minimum absolute atomic E-state index is 0.00781. The molecular weight excluding hydrogens is 326 g/mol. The van der Waals surface area contributed by atoms with Gasteiger partial charge in [-0.25, -0.2) is 9.67 Å². The molecule has 0 aromatic carbocycles. The number of fused-ring (bicyclic) bond motifs is 3. The first kappa shape index (κ1) is 17.5. The van der Waals surface area contributed by atoms with Gasteiger partial charge in [-0.2, -0.15) is 5.10 Å². The Morgan fingerprint density at radius 3 is 2.65 bits per heavy atom. The van der Waals surface area contributed by atoms with Crippen molar-refractivity contribution >= 4 is 16.9 Å². The van der Waals surface area contributed by atoms with Gasteiger partial charge in [-0.1, -0.05) is 6.42 Å². The lowest BCUT2D eigenvalue weighted by atomic mass is 9.67. The van der Waals surface area contributed by atoms with Gasteiger partial charge in [-0.05, 0) is 64.4 Å². The topological polar surface area (TPSA) is 85.8 Å². The number of carbonyl (C=O) groups is 1. The average molecular weight is 355 g/mol. The SMILES string of the molecule is Cc1nc2c(cnn2C(C)C)cc1C(=O)NC1C2CCCC1CC(N)C2. The Morgan fingerprint density at radius 1 is 1.31 bits per heavy atom. The summed E-state index contributed by atoms with van der Waals surface area (Å²) in [4.78, 5) is 17.7. The van der Waals surface area contributed by atoms with E-state index >= 15 is 0 Å². The molecule has 0 spiro atoms. The maximum Gasteiger partial charge on any atom is 0.253 e. The first-order valence-electron chi connectivity index (χ1n) is 9.85. The highest BCUT2D eigenvalue weighted by Crippen LogP contribution is 2.39. The Labute approximate surface area is 154 Å². The van der Waals surface area contributed by atoms with E-state index in [-0.39, 0.29) is 18.0 Å². The van der Waals surface area contributed by atoms with Gasteiger partial charge in [0.15, 0.2) is 5.65 Å². The monoisotopic (exact) mass is 355 g/mol. The van der Waals surface area contributed by atoms with E-state index in [1.54, 1.807) is 6.20 Å². The number of nitrogens with one attached hydrogen (secondary N) is 1. The first-order chi connectivity index (χ1) is 12.4. The second-order valence-corrected chi connectivity index (χ2v) is 8.40. The molecule has 3 N–H and O–H groups in total. The standard InChI is InChI=1S/C20H29N5O/c1-11(2)25-19-15(10-22-25)9-17(12(3)23-19)20(26)24-18-13-5-4-6-14(18)8-16(21)7-13/h9-11,13-14,16,18H,4-8,21H2,1-3H3,(H,24,26). The van der Waals surface area contributed by atoms with E-state index < -0.39 is 0 Å². The molecule has 6 heteroatoms. The maximum absolute atomic E-state index is 13.0. The number of aryl methyl sites for hydroxylation is 1. The van der Waals surface area contributed by atoms with Gasteiger partial charge >= 0.3 is 0 Å². The van der Waals surface area contributed by atoms with Crippen LogP contribution in [0.4, 0.5) is 0 Å². The third kappa shape index (κ3) is 3.00. The molecule has 2 aliphatic carbocycles. The van der Waals surface area contributed by atoms with E-state index in [1.807, 2.05) is 17.7 Å². The van der Waals surface area contributed by atoms with E-state index in [9.17, 15) is 4.79 Å². The second kappa shape index (κ2) is 6.65. The van der Waals surface area contributed by atoms with E-state index in [4.69, 9.17) is 5.73 Å². The molecule has 0 aliphatic heterocycles. The highest BCUT2D eigenvalue weighted by molar-refractivity contribution is 5.98. The normalized spacial score (nSPS) is 28.5. The molecule has 0 radical (unpaired) electrons. The summed E-state index contributed by atoms with van der Waals surface area (Å²) in [5.74, 6) is 1.02. The van der Waals surface area contributed by atoms with Crippen LogP contribution in [0.15, 0.2) is 12.3 Å². The molecule has 2 aromatic heterocycles. The van der Waals surface area contributed by atoms with Gasteiger partial charge in [0.2, 0.25) is 0 Å². The Bertz CT molecular complexity index is 813. The van der Waals surface area contributed by atoms with Crippen LogP contribution >= 0.6 is 0 Å². The van der Waals surface area contributed by atoms with Crippen molar-refractivity contribution in [2.24, 2.45) is 17.6 Å². The summed E-state index contributed by atoms with van der Waals surface area (Å²) in [5.41, 5.74) is 8.47. The Morgan fingerprint density at radius 2 is 2.00 bits per heavy atom. The Kier molecular flexibility index (Phi) is 4.47. The predicted octanol–water partition coefficient (Wildman–Crippen LogP) is 2.96. The summed E-state index contributed by atoms with van der Waals surface area (Å²) in [6.07, 6.45) is 7.46. The minimum atomic E-state index is -0.00781. The fourth-order valence-electron chi connectivity index (χ4n) is 4.93. The summed E-state index contributed by atoms with van der Waals surface area (Å²) in [6.45, 7) is 6.07. The van der Waals surface area contributed by atoms with E-state index in [2.05, 4.69) is 29.2 Å². The predicted molar refractivity (Wildman–Crippen MR) is 102 cm³/mol. The van der Waals surface area contributed by atoms with Gasteiger partial charge in [-0.15, -0.1) is 0 Å². The number of nitrogens with zero attached hydrogens (tertiary/aromatic N) is 3. The molecule has 2 aromatic rings. The molecule has 1 amide bonds. The molecule has 6 nitrogen and oxygen atoms in total. The smallest absolute Gasteiger partial charge is 0.253 e. The van der Waals surface area contributed by atoms with Crippen molar-refractivity contribution in [1.82, 2.24) is 20.1 Å². The molecule has 26 heavy (non-hydrogen) atoms. The summed E-state index contributed by atoms with van der Waals surface area (Å²) < 4.78 is 1.90.